The largest absolute Gasteiger partial charge is 0.481 e. The quantitative estimate of drug-likeness (QED) is 0.920. The van der Waals surface area contributed by atoms with Gasteiger partial charge in [-0.15, -0.1) is 0 Å². The van der Waals surface area contributed by atoms with Crippen LogP contribution in [0.1, 0.15) is 31.4 Å². The highest BCUT2D eigenvalue weighted by Crippen LogP contribution is 2.43. The maximum Gasteiger partial charge on any atom is 0.310 e. The number of hydrogen-bond donors (Lipinski definition) is 1. The molecule has 5 nitrogen and oxygen atoms in total. The molecule has 114 valence electrons. The molecule has 21 heavy (non-hydrogen) atoms. The molecule has 2 heterocycles. The summed E-state index contributed by atoms with van der Waals surface area (Å²) in [5.74, 6) is -0.715. The summed E-state index contributed by atoms with van der Waals surface area (Å²) in [7, 11) is -3.25. The highest BCUT2D eigenvalue weighted by atomic mass is 32.2. The number of sulfone groups is 1. The number of carbonyl (C=O) groups is 1. The van der Waals surface area contributed by atoms with E-state index in [-0.39, 0.29) is 11.8 Å². The Kier molecular flexibility index (Phi) is 3.33. The second kappa shape index (κ2) is 4.81. The van der Waals surface area contributed by atoms with Crippen molar-refractivity contribution >= 4 is 15.8 Å². The average Bonchev–Trinajstić information content (AvgIpc) is 3.00. The Morgan fingerprint density at radius 3 is 2.76 bits per heavy atom. The van der Waals surface area contributed by atoms with Gasteiger partial charge in [0, 0.05) is 6.54 Å². The fraction of sp³-hybridized carbons (Fsp3) is 0.533. The van der Waals surface area contributed by atoms with Gasteiger partial charge in [0.05, 0.1) is 22.1 Å². The number of benzene rings is 1. The van der Waals surface area contributed by atoms with E-state index >= 15 is 0 Å². The van der Waals surface area contributed by atoms with Gasteiger partial charge in [0.1, 0.15) is 0 Å². The van der Waals surface area contributed by atoms with E-state index in [9.17, 15) is 18.3 Å². The fourth-order valence-electron chi connectivity index (χ4n) is 3.51. The summed E-state index contributed by atoms with van der Waals surface area (Å²) in [6, 6.07) is 6.85. The van der Waals surface area contributed by atoms with Crippen molar-refractivity contribution in [1.29, 1.82) is 0 Å². The molecular weight excluding hydrogens is 290 g/mol. The predicted octanol–water partition coefficient (Wildman–Crippen LogP) is 1.70. The van der Waals surface area contributed by atoms with E-state index in [4.69, 9.17) is 0 Å². The number of carboxylic acids is 1. The standard InChI is InChI=1S/C15H19NO4S/c1-2-15(14(17)18)7-8-16(10-15)12-9-21(19,20)13-6-4-3-5-11(12)13/h3-6,12H,2,7-10H2,1H3,(H,17,18). The van der Waals surface area contributed by atoms with Crippen LogP contribution >= 0.6 is 0 Å². The van der Waals surface area contributed by atoms with Crippen LogP contribution in [0.15, 0.2) is 29.2 Å². The van der Waals surface area contributed by atoms with Crippen LogP contribution in [0.2, 0.25) is 0 Å². The number of carboxylic acid groups (broad SMARTS) is 1. The number of hydrogen-bond acceptors (Lipinski definition) is 4. The van der Waals surface area contributed by atoms with Gasteiger partial charge in [-0.25, -0.2) is 8.42 Å². The molecule has 2 aliphatic heterocycles. The van der Waals surface area contributed by atoms with Gasteiger partial charge in [0.15, 0.2) is 9.84 Å². The Balaban J connectivity index is 1.93. The molecule has 1 saturated heterocycles. The van der Waals surface area contributed by atoms with Crippen LogP contribution in [0.25, 0.3) is 0 Å². The van der Waals surface area contributed by atoms with Crippen molar-refractivity contribution in [2.45, 2.75) is 30.7 Å². The van der Waals surface area contributed by atoms with Crippen molar-refractivity contribution in [2.24, 2.45) is 5.41 Å². The zero-order valence-corrected chi connectivity index (χ0v) is 12.8. The lowest BCUT2D eigenvalue weighted by Crippen LogP contribution is -2.36. The van der Waals surface area contributed by atoms with E-state index in [1.54, 1.807) is 12.1 Å². The van der Waals surface area contributed by atoms with Gasteiger partial charge >= 0.3 is 5.97 Å². The van der Waals surface area contributed by atoms with Crippen LogP contribution in [0.5, 0.6) is 0 Å². The number of likely N-dealkylation sites (tertiary alicyclic amines) is 1. The Labute approximate surface area is 124 Å². The van der Waals surface area contributed by atoms with Crippen molar-refractivity contribution < 1.29 is 18.3 Å². The Hall–Kier alpha value is -1.40. The minimum absolute atomic E-state index is 0.0613. The van der Waals surface area contributed by atoms with Crippen LogP contribution in [-0.4, -0.2) is 43.2 Å². The van der Waals surface area contributed by atoms with Gasteiger partial charge in [-0.05, 0) is 31.0 Å². The maximum absolute atomic E-state index is 12.2. The smallest absolute Gasteiger partial charge is 0.310 e. The molecule has 0 aromatic heterocycles. The van der Waals surface area contributed by atoms with Gasteiger partial charge in [-0.3, -0.25) is 9.69 Å². The lowest BCUT2D eigenvalue weighted by atomic mass is 9.84. The Morgan fingerprint density at radius 1 is 1.43 bits per heavy atom. The van der Waals surface area contributed by atoms with Crippen LogP contribution in [-0.2, 0) is 14.6 Å². The highest BCUT2D eigenvalue weighted by molar-refractivity contribution is 7.91. The van der Waals surface area contributed by atoms with Crippen LogP contribution in [0.4, 0.5) is 0 Å². The summed E-state index contributed by atoms with van der Waals surface area (Å²) in [5, 5.41) is 9.48. The van der Waals surface area contributed by atoms with Crippen molar-refractivity contribution in [3.8, 4) is 0 Å². The monoisotopic (exact) mass is 309 g/mol. The molecule has 6 heteroatoms. The number of aliphatic carboxylic acids is 1. The molecule has 1 aromatic carbocycles. The summed E-state index contributed by atoms with van der Waals surface area (Å²) >= 11 is 0. The third kappa shape index (κ3) is 2.17. The number of nitrogens with zero attached hydrogens (tertiary/aromatic N) is 1. The lowest BCUT2D eigenvalue weighted by molar-refractivity contribution is -0.148. The number of fused-ring (bicyclic) bond motifs is 1. The maximum atomic E-state index is 12.2. The fourth-order valence-corrected chi connectivity index (χ4v) is 5.35. The van der Waals surface area contributed by atoms with E-state index in [0.29, 0.717) is 30.8 Å². The molecule has 0 radical (unpaired) electrons. The summed E-state index contributed by atoms with van der Waals surface area (Å²) in [5.41, 5.74) is 0.0798. The molecule has 2 unspecified atom stereocenters. The van der Waals surface area contributed by atoms with E-state index in [1.165, 1.54) is 0 Å². The molecule has 1 N–H and O–H groups in total. The van der Waals surface area contributed by atoms with E-state index in [0.717, 1.165) is 5.56 Å². The highest BCUT2D eigenvalue weighted by Gasteiger charge is 2.48. The van der Waals surface area contributed by atoms with E-state index in [2.05, 4.69) is 0 Å². The molecule has 2 aliphatic rings. The van der Waals surface area contributed by atoms with Gasteiger partial charge in [0.25, 0.3) is 0 Å². The summed E-state index contributed by atoms with van der Waals surface area (Å²) < 4.78 is 24.5. The zero-order valence-electron chi connectivity index (χ0n) is 11.9. The summed E-state index contributed by atoms with van der Waals surface area (Å²) in [6.45, 7) is 2.94. The van der Waals surface area contributed by atoms with E-state index < -0.39 is 21.2 Å². The van der Waals surface area contributed by atoms with Gasteiger partial charge < -0.3 is 5.11 Å². The topological polar surface area (TPSA) is 74.7 Å². The minimum atomic E-state index is -3.25. The first-order valence-corrected chi connectivity index (χ1v) is 8.84. The third-order valence-corrected chi connectivity index (χ3v) is 6.74. The zero-order chi connectivity index (χ0) is 15.3. The molecular formula is C15H19NO4S. The van der Waals surface area contributed by atoms with Crippen molar-refractivity contribution in [3.63, 3.8) is 0 Å². The normalized spacial score (nSPS) is 31.2. The average molecular weight is 309 g/mol. The van der Waals surface area contributed by atoms with Crippen LogP contribution in [0, 0.1) is 5.41 Å². The van der Waals surface area contributed by atoms with Gasteiger partial charge in [-0.1, -0.05) is 25.1 Å². The molecule has 2 atom stereocenters. The second-order valence-corrected chi connectivity index (χ2v) is 8.00. The molecule has 3 rings (SSSR count). The van der Waals surface area contributed by atoms with Crippen molar-refractivity contribution in [3.05, 3.63) is 29.8 Å². The Morgan fingerprint density at radius 2 is 2.14 bits per heavy atom. The first kappa shape index (κ1) is 14.5. The molecule has 0 aliphatic carbocycles. The molecule has 0 amide bonds. The number of rotatable bonds is 3. The lowest BCUT2D eigenvalue weighted by Gasteiger charge is -2.27. The molecule has 0 bridgehead atoms. The molecule has 0 spiro atoms. The summed E-state index contributed by atoms with van der Waals surface area (Å²) in [6.07, 6.45) is 1.15. The van der Waals surface area contributed by atoms with Crippen LogP contribution < -0.4 is 0 Å². The molecule has 0 saturated carbocycles. The van der Waals surface area contributed by atoms with Gasteiger partial charge in [-0.2, -0.15) is 0 Å². The first-order valence-electron chi connectivity index (χ1n) is 7.19. The van der Waals surface area contributed by atoms with Crippen LogP contribution in [0.3, 0.4) is 0 Å². The first-order chi connectivity index (χ1) is 9.89. The Bertz CT molecular complexity index is 685. The summed E-state index contributed by atoms with van der Waals surface area (Å²) in [4.78, 5) is 14.0. The predicted molar refractivity (Wildman–Crippen MR) is 77.8 cm³/mol. The third-order valence-electron chi connectivity index (χ3n) is 4.94. The SMILES string of the molecule is CCC1(C(=O)O)CCN(C2CS(=O)(=O)c3ccccc32)C1. The van der Waals surface area contributed by atoms with E-state index in [1.807, 2.05) is 24.0 Å². The minimum Gasteiger partial charge on any atom is -0.481 e. The molecule has 1 aromatic rings. The van der Waals surface area contributed by atoms with Crippen molar-refractivity contribution in [1.82, 2.24) is 4.90 Å². The van der Waals surface area contributed by atoms with Gasteiger partial charge in [0.2, 0.25) is 0 Å². The van der Waals surface area contributed by atoms with Crippen molar-refractivity contribution in [2.75, 3.05) is 18.8 Å². The molecule has 1 fully saturated rings. The second-order valence-electron chi connectivity index (χ2n) is 5.99.